The van der Waals surface area contributed by atoms with Crippen LogP contribution in [0.4, 0.5) is 10.1 Å². The highest BCUT2D eigenvalue weighted by Gasteiger charge is 2.19. The molecule has 4 nitrogen and oxygen atoms in total. The van der Waals surface area contributed by atoms with E-state index in [4.69, 9.17) is 10.8 Å². The summed E-state index contributed by atoms with van der Waals surface area (Å²) in [6, 6.07) is 9.18. The number of nitrogens with two attached hydrogens (primary N) is 1. The summed E-state index contributed by atoms with van der Waals surface area (Å²) in [5, 5.41) is 9.12. The molecule has 19 heavy (non-hydrogen) atoms. The van der Waals surface area contributed by atoms with Crippen LogP contribution >= 0.6 is 0 Å². The SMILES string of the molecule is Nc1ccc(S(=O)(=O)Cc2ccc(O)cc2)c(F)c1. The predicted molar refractivity (Wildman–Crippen MR) is 69.8 cm³/mol. The molecule has 3 N–H and O–H groups in total. The van der Waals surface area contributed by atoms with Gasteiger partial charge in [-0.05, 0) is 35.9 Å². The zero-order valence-electron chi connectivity index (χ0n) is 9.88. The van der Waals surface area contributed by atoms with Gasteiger partial charge in [0.15, 0.2) is 9.84 Å². The van der Waals surface area contributed by atoms with E-state index < -0.39 is 15.7 Å². The van der Waals surface area contributed by atoms with Gasteiger partial charge in [-0.2, -0.15) is 0 Å². The van der Waals surface area contributed by atoms with Crippen molar-refractivity contribution in [2.45, 2.75) is 10.6 Å². The molecule has 2 aromatic rings. The molecule has 0 radical (unpaired) electrons. The Morgan fingerprint density at radius 3 is 2.32 bits per heavy atom. The molecule has 0 aromatic heterocycles. The number of sulfone groups is 1. The molecular weight excluding hydrogens is 269 g/mol. The smallest absolute Gasteiger partial charge is 0.185 e. The van der Waals surface area contributed by atoms with E-state index in [-0.39, 0.29) is 22.1 Å². The van der Waals surface area contributed by atoms with Gasteiger partial charge in [0, 0.05) is 5.69 Å². The Morgan fingerprint density at radius 1 is 1.11 bits per heavy atom. The fraction of sp³-hybridized carbons (Fsp3) is 0.0769. The first-order valence-electron chi connectivity index (χ1n) is 5.44. The van der Waals surface area contributed by atoms with E-state index in [9.17, 15) is 12.8 Å². The van der Waals surface area contributed by atoms with E-state index in [1.165, 1.54) is 30.3 Å². The largest absolute Gasteiger partial charge is 0.508 e. The van der Waals surface area contributed by atoms with E-state index in [0.717, 1.165) is 12.1 Å². The summed E-state index contributed by atoms with van der Waals surface area (Å²) in [5.74, 6) is -1.16. The van der Waals surface area contributed by atoms with Gasteiger partial charge in [-0.25, -0.2) is 12.8 Å². The number of phenolic OH excluding ortho intramolecular Hbond substituents is 1. The lowest BCUT2D eigenvalue weighted by Crippen LogP contribution is -2.07. The van der Waals surface area contributed by atoms with Crippen molar-refractivity contribution < 1.29 is 17.9 Å². The molecule has 0 spiro atoms. The Bertz CT molecular complexity index is 696. The zero-order chi connectivity index (χ0) is 14.0. The first kappa shape index (κ1) is 13.4. The van der Waals surface area contributed by atoms with E-state index in [2.05, 4.69) is 0 Å². The van der Waals surface area contributed by atoms with Crippen molar-refractivity contribution >= 4 is 15.5 Å². The molecule has 0 aliphatic heterocycles. The maximum Gasteiger partial charge on any atom is 0.185 e. The highest BCUT2D eigenvalue weighted by Crippen LogP contribution is 2.22. The Kier molecular flexibility index (Phi) is 3.44. The molecule has 0 amide bonds. The van der Waals surface area contributed by atoms with Gasteiger partial charge in [0.05, 0.1) is 5.75 Å². The highest BCUT2D eigenvalue weighted by molar-refractivity contribution is 7.90. The van der Waals surface area contributed by atoms with Gasteiger partial charge in [0.2, 0.25) is 0 Å². The average molecular weight is 281 g/mol. The van der Waals surface area contributed by atoms with Crippen LogP contribution in [0.2, 0.25) is 0 Å². The number of anilines is 1. The summed E-state index contributed by atoms with van der Waals surface area (Å²) in [6.07, 6.45) is 0. The summed E-state index contributed by atoms with van der Waals surface area (Å²) < 4.78 is 37.8. The number of phenols is 1. The Balaban J connectivity index is 2.35. The third-order valence-corrected chi connectivity index (χ3v) is 4.30. The zero-order valence-corrected chi connectivity index (χ0v) is 10.7. The average Bonchev–Trinajstić information content (AvgIpc) is 2.31. The van der Waals surface area contributed by atoms with Gasteiger partial charge >= 0.3 is 0 Å². The summed E-state index contributed by atoms with van der Waals surface area (Å²) in [6.45, 7) is 0. The van der Waals surface area contributed by atoms with Crippen LogP contribution in [0.1, 0.15) is 5.56 Å². The van der Waals surface area contributed by atoms with Gasteiger partial charge in [0.1, 0.15) is 16.5 Å². The van der Waals surface area contributed by atoms with Crippen molar-refractivity contribution in [2.75, 3.05) is 5.73 Å². The molecule has 2 rings (SSSR count). The summed E-state index contributed by atoms with van der Waals surface area (Å²) >= 11 is 0. The monoisotopic (exact) mass is 281 g/mol. The van der Waals surface area contributed by atoms with E-state index in [1.807, 2.05) is 0 Å². The maximum atomic E-state index is 13.6. The fourth-order valence-corrected chi connectivity index (χ4v) is 3.08. The molecular formula is C13H12FNO3S. The Morgan fingerprint density at radius 2 is 1.74 bits per heavy atom. The molecule has 0 saturated carbocycles. The molecule has 0 bridgehead atoms. The van der Waals surface area contributed by atoms with Crippen molar-refractivity contribution in [1.29, 1.82) is 0 Å². The van der Waals surface area contributed by atoms with Gasteiger partial charge in [-0.1, -0.05) is 12.1 Å². The number of benzene rings is 2. The first-order chi connectivity index (χ1) is 8.88. The molecule has 0 aliphatic carbocycles. The van der Waals surface area contributed by atoms with Crippen LogP contribution in [0.5, 0.6) is 5.75 Å². The number of halogens is 1. The van der Waals surface area contributed by atoms with E-state index in [1.54, 1.807) is 0 Å². The maximum absolute atomic E-state index is 13.6. The predicted octanol–water partition coefficient (Wildman–Crippen LogP) is 2.09. The number of hydrogen-bond donors (Lipinski definition) is 2. The lowest BCUT2D eigenvalue weighted by molar-refractivity contribution is 0.475. The van der Waals surface area contributed by atoms with E-state index >= 15 is 0 Å². The van der Waals surface area contributed by atoms with Crippen LogP contribution in [-0.4, -0.2) is 13.5 Å². The number of hydrogen-bond acceptors (Lipinski definition) is 4. The standard InChI is InChI=1S/C13H12FNO3S/c14-12-7-10(15)3-6-13(12)19(17,18)8-9-1-4-11(16)5-2-9/h1-7,16H,8,15H2. The van der Waals surface area contributed by atoms with Crippen LogP contribution in [-0.2, 0) is 15.6 Å². The van der Waals surface area contributed by atoms with Crippen molar-refractivity contribution in [1.82, 2.24) is 0 Å². The second kappa shape index (κ2) is 4.89. The van der Waals surface area contributed by atoms with Crippen LogP contribution < -0.4 is 5.73 Å². The molecule has 100 valence electrons. The molecule has 0 saturated heterocycles. The highest BCUT2D eigenvalue weighted by atomic mass is 32.2. The summed E-state index contributed by atoms with van der Waals surface area (Å²) in [5.41, 5.74) is 6.01. The molecule has 0 heterocycles. The fourth-order valence-electron chi connectivity index (χ4n) is 1.66. The van der Waals surface area contributed by atoms with Crippen molar-refractivity contribution in [3.05, 3.63) is 53.8 Å². The third kappa shape index (κ3) is 3.03. The minimum Gasteiger partial charge on any atom is -0.508 e. The third-order valence-electron chi connectivity index (χ3n) is 2.58. The van der Waals surface area contributed by atoms with Gasteiger partial charge < -0.3 is 10.8 Å². The number of nitrogen functional groups attached to an aromatic ring is 1. The topological polar surface area (TPSA) is 80.4 Å². The molecule has 0 unspecified atom stereocenters. The normalized spacial score (nSPS) is 11.4. The molecule has 0 atom stereocenters. The van der Waals surface area contributed by atoms with Gasteiger partial charge in [0.25, 0.3) is 0 Å². The van der Waals surface area contributed by atoms with E-state index in [0.29, 0.717) is 5.56 Å². The van der Waals surface area contributed by atoms with Gasteiger partial charge in [-0.15, -0.1) is 0 Å². The number of aromatic hydroxyl groups is 1. The first-order valence-corrected chi connectivity index (χ1v) is 7.09. The second-order valence-electron chi connectivity index (χ2n) is 4.12. The van der Waals surface area contributed by atoms with Crippen molar-refractivity contribution in [3.8, 4) is 5.75 Å². The summed E-state index contributed by atoms with van der Waals surface area (Å²) in [4.78, 5) is -0.380. The quantitative estimate of drug-likeness (QED) is 0.844. The van der Waals surface area contributed by atoms with Crippen LogP contribution in [0.3, 0.4) is 0 Å². The van der Waals surface area contributed by atoms with Gasteiger partial charge in [-0.3, -0.25) is 0 Å². The lowest BCUT2D eigenvalue weighted by Gasteiger charge is -2.06. The minimum atomic E-state index is -3.79. The Hall–Kier alpha value is -2.08. The molecule has 2 aromatic carbocycles. The van der Waals surface area contributed by atoms with Crippen molar-refractivity contribution in [2.24, 2.45) is 0 Å². The molecule has 6 heteroatoms. The van der Waals surface area contributed by atoms with Crippen LogP contribution in [0.15, 0.2) is 47.4 Å². The number of rotatable bonds is 3. The second-order valence-corrected chi connectivity index (χ2v) is 6.07. The lowest BCUT2D eigenvalue weighted by atomic mass is 10.2. The molecule has 0 aliphatic rings. The summed E-state index contributed by atoms with van der Waals surface area (Å²) in [7, 11) is -3.79. The minimum absolute atomic E-state index is 0.0415. The van der Waals surface area contributed by atoms with Crippen LogP contribution in [0, 0.1) is 5.82 Å². The molecule has 0 fully saturated rings. The van der Waals surface area contributed by atoms with Crippen molar-refractivity contribution in [3.63, 3.8) is 0 Å². The van der Waals surface area contributed by atoms with Crippen LogP contribution in [0.25, 0.3) is 0 Å². The Labute approximate surface area is 110 Å².